The quantitative estimate of drug-likeness (QED) is 0.160. The summed E-state index contributed by atoms with van der Waals surface area (Å²) in [6.45, 7) is 10.5. The van der Waals surface area contributed by atoms with Crippen LogP contribution in [-0.2, 0) is 28.2 Å². The van der Waals surface area contributed by atoms with Crippen molar-refractivity contribution in [1.29, 1.82) is 0 Å². The van der Waals surface area contributed by atoms with E-state index < -0.39 is 0 Å². The number of rotatable bonds is 4. The lowest BCUT2D eigenvalue weighted by atomic mass is 10.0. The Morgan fingerprint density at radius 1 is 0.320 bits per heavy atom. The van der Waals surface area contributed by atoms with Crippen molar-refractivity contribution in [3.8, 4) is 45.6 Å². The molecule has 20 rings (SSSR count). The van der Waals surface area contributed by atoms with Crippen LogP contribution < -0.4 is 18.3 Å². The minimum atomic E-state index is 0.808. The molecule has 0 saturated carbocycles. The first kappa shape index (κ1) is 59.8. The number of nitrogens with zero attached hydrogens (tertiary/aromatic N) is 8. The molecule has 12 aromatic heterocycles. The summed E-state index contributed by atoms with van der Waals surface area (Å²) in [6.07, 6.45) is 13.7. The third-order valence-corrected chi connectivity index (χ3v) is 23.4. The van der Waals surface area contributed by atoms with Gasteiger partial charge in [0.2, 0.25) is 0 Å². The van der Waals surface area contributed by atoms with E-state index in [1.54, 1.807) is 6.20 Å². The van der Waals surface area contributed by atoms with Crippen LogP contribution in [0.2, 0.25) is 0 Å². The van der Waals surface area contributed by atoms with Gasteiger partial charge in [-0.3, -0.25) is 0 Å². The number of thiophene rings is 4. The Hall–Kier alpha value is -10.9. The highest BCUT2D eigenvalue weighted by Gasteiger charge is 2.27. The number of fused-ring (bicyclic) bond motifs is 20. The lowest BCUT2D eigenvalue weighted by Gasteiger charge is -2.04. The van der Waals surface area contributed by atoms with Crippen LogP contribution in [0.1, 0.15) is 27.9 Å². The number of para-hydroxylation sites is 2. The topological polar surface area (TPSA) is 120 Å². The van der Waals surface area contributed by atoms with E-state index in [9.17, 15) is 0 Å². The summed E-state index contributed by atoms with van der Waals surface area (Å²) in [5, 5.41) is 10.8. The van der Waals surface area contributed by atoms with E-state index in [4.69, 9.17) is 22.7 Å². The fourth-order valence-corrected chi connectivity index (χ4v) is 19.1. The molecule has 12 heterocycles. The van der Waals surface area contributed by atoms with Crippen LogP contribution in [-0.4, -0.2) is 19.9 Å². The van der Waals surface area contributed by atoms with E-state index in [-0.39, 0.29) is 0 Å². The average molecular weight is 1340 g/mol. The number of aryl methyl sites for hydroxylation is 9. The minimum absolute atomic E-state index is 0.808. The van der Waals surface area contributed by atoms with E-state index in [1.807, 2.05) is 173 Å². The van der Waals surface area contributed by atoms with Gasteiger partial charge in [0.05, 0.1) is 120 Å². The summed E-state index contributed by atoms with van der Waals surface area (Å²) in [5.74, 6) is 3.89. The van der Waals surface area contributed by atoms with E-state index >= 15 is 0 Å². The molecule has 0 aliphatic carbocycles. The van der Waals surface area contributed by atoms with Gasteiger partial charge in [0, 0.05) is 67.5 Å². The summed E-state index contributed by atoms with van der Waals surface area (Å²) in [6, 6.07) is 58.5. The Balaban J connectivity index is 0.0000000975. The standard InChI is InChI=1S/C21H17N2O2.C20H15N2O2.2C20H15N2S2/c1-12-10-16-18(11-15(12)21-22-13(2)8-9-23(21)3)25-19-14-6-4-5-7-17(14)24-20(16)19;1-12-10-15-17(11-14(12)20-21-8-5-9-22(20)2)24-18-13-6-3-4-7-16(13)23-19(15)18;1-12-8-9-14-17(16(12)20-21-10-5-11-22(20)2)24-18-13-6-3-4-7-15(13)23-19(14)18;1-12-8-9-14-17-13-6-3-4-7-15(13)23-20(17)24-18(14)16(12)19-21-10-5-11-22(19)2/h4-11H,1-3H3;3*3-11H,1-2H3/q4*+1. The van der Waals surface area contributed by atoms with Gasteiger partial charge >= 0.3 is 23.3 Å². The van der Waals surface area contributed by atoms with Crippen molar-refractivity contribution < 1.29 is 35.9 Å². The van der Waals surface area contributed by atoms with Crippen molar-refractivity contribution >= 4 is 171 Å². The molecule has 0 radical (unpaired) electrons. The Morgan fingerprint density at radius 2 is 0.763 bits per heavy atom. The second-order valence-corrected chi connectivity index (χ2v) is 29.1. The zero-order valence-electron chi connectivity index (χ0n) is 54.6. The monoisotopic (exact) mass is 1340 g/mol. The maximum absolute atomic E-state index is 6.16. The fourth-order valence-electron chi connectivity index (χ4n) is 13.4. The smallest absolute Gasteiger partial charge is 0.331 e. The first-order valence-corrected chi connectivity index (χ1v) is 35.2. The molecule has 8 aromatic carbocycles. The molecule has 97 heavy (non-hydrogen) atoms. The van der Waals surface area contributed by atoms with Gasteiger partial charge in [0.25, 0.3) is 0 Å². The van der Waals surface area contributed by atoms with Gasteiger partial charge in [0.1, 0.15) is 40.9 Å². The van der Waals surface area contributed by atoms with E-state index in [0.29, 0.717) is 0 Å². The summed E-state index contributed by atoms with van der Waals surface area (Å²) >= 11 is 7.58. The van der Waals surface area contributed by atoms with E-state index in [0.717, 1.165) is 117 Å². The SMILES string of the molecule is Cc1cc2c(cc1-c1nccc[n+]1C)oc1c3ccccc3oc21.Cc1cc[n+](C)c(-c2cc3oc4c5ccccc5oc4c3cc2C)n1.Cc1ccc2c(sc3c4ccccc4sc23)c1-c1nccc[n+]1C.Cc1ccc2c(sc3sc4ccccc4c32)c1-c1nccc[n+]1C. The molecule has 0 bridgehead atoms. The van der Waals surface area contributed by atoms with Gasteiger partial charge in [-0.15, -0.1) is 45.3 Å². The highest BCUT2D eigenvalue weighted by Crippen LogP contribution is 2.49. The molecule has 20 aromatic rings. The van der Waals surface area contributed by atoms with Crippen molar-refractivity contribution in [1.82, 2.24) is 19.9 Å². The Kier molecular flexibility index (Phi) is 14.7. The molecule has 0 atom stereocenters. The first-order chi connectivity index (χ1) is 47.3. The van der Waals surface area contributed by atoms with Crippen molar-refractivity contribution in [3.05, 3.63) is 241 Å². The lowest BCUT2D eigenvalue weighted by molar-refractivity contribution is -0.663. The second-order valence-electron chi connectivity index (χ2n) is 24.7. The van der Waals surface area contributed by atoms with Gasteiger partial charge in [-0.25, -0.2) is 18.3 Å². The molecule has 0 saturated heterocycles. The van der Waals surface area contributed by atoms with Crippen molar-refractivity contribution in [2.75, 3.05) is 0 Å². The zero-order valence-corrected chi connectivity index (χ0v) is 57.8. The maximum Gasteiger partial charge on any atom is 0.331 e. The molecular weight excluding hydrogens is 1280 g/mol. The fraction of sp³-hybridized carbons (Fsp3) is 0.111. The average Bonchev–Trinajstić information content (AvgIpc) is 1.60. The van der Waals surface area contributed by atoms with Crippen LogP contribution in [0.4, 0.5) is 0 Å². The number of aromatic nitrogens is 8. The molecule has 470 valence electrons. The van der Waals surface area contributed by atoms with Crippen molar-refractivity contribution in [3.63, 3.8) is 0 Å². The van der Waals surface area contributed by atoms with Gasteiger partial charge in [-0.05, 0) is 131 Å². The maximum atomic E-state index is 6.16. The Bertz CT molecular complexity index is 6490. The predicted octanol–water partition coefficient (Wildman–Crippen LogP) is 20.3. The van der Waals surface area contributed by atoms with Crippen molar-refractivity contribution in [2.45, 2.75) is 34.6 Å². The molecule has 0 aliphatic rings. The van der Waals surface area contributed by atoms with Gasteiger partial charge in [0.15, 0.2) is 28.0 Å². The summed E-state index contributed by atoms with van der Waals surface area (Å²) in [4.78, 5) is 18.5. The molecular formula is C81H62N8O4S4+4. The molecule has 0 spiro atoms. The molecule has 0 unspecified atom stereocenters. The van der Waals surface area contributed by atoms with Crippen LogP contribution in [0.15, 0.2) is 231 Å². The van der Waals surface area contributed by atoms with E-state index in [2.05, 4.69) is 175 Å². The minimum Gasteiger partial charge on any atom is -0.452 e. The third kappa shape index (κ3) is 10.1. The summed E-state index contributed by atoms with van der Waals surface area (Å²) in [5.41, 5.74) is 17.1. The van der Waals surface area contributed by atoms with Gasteiger partial charge in [-0.1, -0.05) is 84.9 Å². The number of hydrogen-bond acceptors (Lipinski definition) is 12. The summed E-state index contributed by atoms with van der Waals surface area (Å²) in [7, 11) is 8.12. The highest BCUT2D eigenvalue weighted by molar-refractivity contribution is 7.44. The highest BCUT2D eigenvalue weighted by atomic mass is 32.2. The molecule has 0 amide bonds. The molecule has 12 nitrogen and oxygen atoms in total. The number of furan rings is 4. The first-order valence-electron chi connectivity index (χ1n) is 31.9. The van der Waals surface area contributed by atoms with Crippen LogP contribution in [0, 0.1) is 34.6 Å². The van der Waals surface area contributed by atoms with Gasteiger partial charge < -0.3 is 17.7 Å². The molecule has 0 aliphatic heterocycles. The van der Waals surface area contributed by atoms with Gasteiger partial charge in [-0.2, -0.15) is 0 Å². The third-order valence-electron chi connectivity index (χ3n) is 18.3. The lowest BCUT2D eigenvalue weighted by Crippen LogP contribution is -2.32. The van der Waals surface area contributed by atoms with Crippen LogP contribution in [0.25, 0.3) is 171 Å². The Labute approximate surface area is 572 Å². The van der Waals surface area contributed by atoms with Crippen LogP contribution in [0.5, 0.6) is 0 Å². The molecule has 16 heteroatoms. The molecule has 0 N–H and O–H groups in total. The van der Waals surface area contributed by atoms with Crippen molar-refractivity contribution in [2.24, 2.45) is 28.2 Å². The van der Waals surface area contributed by atoms with Crippen LogP contribution in [0.3, 0.4) is 0 Å². The number of benzene rings is 8. The largest absolute Gasteiger partial charge is 0.452 e. The number of hydrogen-bond donors (Lipinski definition) is 0. The molecule has 0 fully saturated rings. The second kappa shape index (κ2) is 23.8. The summed E-state index contributed by atoms with van der Waals surface area (Å²) < 4.78 is 42.2. The van der Waals surface area contributed by atoms with Crippen LogP contribution >= 0.6 is 45.3 Å². The Morgan fingerprint density at radius 3 is 1.33 bits per heavy atom. The predicted molar refractivity (Wildman–Crippen MR) is 398 cm³/mol. The normalized spacial score (nSPS) is 11.8. The zero-order chi connectivity index (χ0) is 65.9. The van der Waals surface area contributed by atoms with E-state index in [1.165, 1.54) is 81.4 Å².